The average molecular weight is 168 g/mol. The summed E-state index contributed by atoms with van der Waals surface area (Å²) in [5.74, 6) is 2.17. The number of hydrogen-bond donors (Lipinski definition) is 0. The van der Waals surface area contributed by atoms with Crippen LogP contribution in [0.1, 0.15) is 65.2 Å². The molecule has 0 N–H and O–H groups in total. The van der Waals surface area contributed by atoms with E-state index in [9.17, 15) is 0 Å². The fourth-order valence-corrected chi connectivity index (χ4v) is 1.76. The van der Waals surface area contributed by atoms with Crippen molar-refractivity contribution in [2.75, 3.05) is 0 Å². The van der Waals surface area contributed by atoms with Gasteiger partial charge in [-0.05, 0) is 11.8 Å². The zero-order valence-corrected chi connectivity index (χ0v) is 8.81. The molecule has 0 spiro atoms. The summed E-state index contributed by atoms with van der Waals surface area (Å²) in [6.07, 6.45) is 11.9. The first-order valence-electron chi connectivity index (χ1n) is 5.83. The standard InChI is InChI=1S/C8H16.C4H8/c1-2-8-6-4-3-5-7-8;1-4-2-3-4/h8H,2-7H2,1H3;4H,2-3H2,1H3. The van der Waals surface area contributed by atoms with Crippen LogP contribution in [0.2, 0.25) is 0 Å². The van der Waals surface area contributed by atoms with E-state index >= 15 is 0 Å². The molecule has 0 nitrogen and oxygen atoms in total. The van der Waals surface area contributed by atoms with E-state index < -0.39 is 0 Å². The molecule has 0 aliphatic heterocycles. The predicted molar refractivity (Wildman–Crippen MR) is 55.3 cm³/mol. The minimum atomic E-state index is 1.08. The van der Waals surface area contributed by atoms with E-state index in [2.05, 4.69) is 13.8 Å². The van der Waals surface area contributed by atoms with Crippen molar-refractivity contribution in [1.29, 1.82) is 0 Å². The van der Waals surface area contributed by atoms with Gasteiger partial charge in [0.15, 0.2) is 0 Å². The highest BCUT2D eigenvalue weighted by atomic mass is 14.2. The van der Waals surface area contributed by atoms with Gasteiger partial charge in [0, 0.05) is 0 Å². The molecule has 0 aromatic carbocycles. The Bertz CT molecular complexity index is 96.6. The lowest BCUT2D eigenvalue weighted by atomic mass is 9.88. The van der Waals surface area contributed by atoms with E-state index in [-0.39, 0.29) is 0 Å². The van der Waals surface area contributed by atoms with Gasteiger partial charge in [0.2, 0.25) is 0 Å². The van der Waals surface area contributed by atoms with Gasteiger partial charge in [0.1, 0.15) is 0 Å². The van der Waals surface area contributed by atoms with Crippen LogP contribution >= 0.6 is 0 Å². The van der Waals surface area contributed by atoms with Crippen molar-refractivity contribution in [2.24, 2.45) is 11.8 Å². The molecular formula is C12H24. The molecular weight excluding hydrogens is 144 g/mol. The molecule has 0 aromatic heterocycles. The summed E-state index contributed by atoms with van der Waals surface area (Å²) in [6.45, 7) is 4.59. The van der Waals surface area contributed by atoms with Crippen LogP contribution in [0.3, 0.4) is 0 Å². The van der Waals surface area contributed by atoms with Crippen molar-refractivity contribution < 1.29 is 0 Å². The predicted octanol–water partition coefficient (Wildman–Crippen LogP) is 4.39. The highest BCUT2D eigenvalue weighted by Crippen LogP contribution is 2.26. The smallest absolute Gasteiger partial charge is 0.0417 e. The van der Waals surface area contributed by atoms with Crippen molar-refractivity contribution in [3.63, 3.8) is 0 Å². The Kier molecular flexibility index (Phi) is 4.72. The summed E-state index contributed by atoms with van der Waals surface area (Å²) in [4.78, 5) is 0. The third kappa shape index (κ3) is 4.79. The van der Waals surface area contributed by atoms with E-state index in [1.165, 1.54) is 51.4 Å². The Morgan fingerprint density at radius 3 is 1.67 bits per heavy atom. The maximum atomic E-state index is 2.32. The molecule has 0 radical (unpaired) electrons. The molecule has 12 heavy (non-hydrogen) atoms. The molecule has 0 amide bonds. The maximum absolute atomic E-state index is 2.32. The molecule has 2 saturated carbocycles. The third-order valence-electron chi connectivity index (χ3n) is 3.17. The summed E-state index contributed by atoms with van der Waals surface area (Å²) < 4.78 is 0. The highest BCUT2D eigenvalue weighted by molar-refractivity contribution is 4.65. The lowest BCUT2D eigenvalue weighted by Gasteiger charge is -2.18. The summed E-state index contributed by atoms with van der Waals surface area (Å²) >= 11 is 0. The van der Waals surface area contributed by atoms with Crippen molar-refractivity contribution in [3.05, 3.63) is 0 Å². The first-order chi connectivity index (χ1) is 5.83. The minimum absolute atomic E-state index is 1.08. The van der Waals surface area contributed by atoms with Crippen molar-refractivity contribution in [1.82, 2.24) is 0 Å². The molecule has 2 aliphatic carbocycles. The Morgan fingerprint density at radius 2 is 1.42 bits per heavy atom. The Morgan fingerprint density at radius 1 is 0.917 bits per heavy atom. The topological polar surface area (TPSA) is 0 Å². The van der Waals surface area contributed by atoms with Gasteiger partial charge in [0.25, 0.3) is 0 Å². The van der Waals surface area contributed by atoms with Gasteiger partial charge < -0.3 is 0 Å². The average Bonchev–Trinajstić information content (AvgIpc) is 2.90. The van der Waals surface area contributed by atoms with Gasteiger partial charge in [-0.2, -0.15) is 0 Å². The Hall–Kier alpha value is 0. The molecule has 72 valence electrons. The Balaban J connectivity index is 0.000000150. The second-order valence-electron chi connectivity index (χ2n) is 4.59. The number of hydrogen-bond acceptors (Lipinski definition) is 0. The van der Waals surface area contributed by atoms with Gasteiger partial charge in [-0.25, -0.2) is 0 Å². The van der Waals surface area contributed by atoms with Crippen LogP contribution in [0, 0.1) is 11.8 Å². The largest absolute Gasteiger partial charge is 0.0651 e. The van der Waals surface area contributed by atoms with Gasteiger partial charge >= 0.3 is 0 Å². The zero-order chi connectivity index (χ0) is 8.81. The van der Waals surface area contributed by atoms with E-state index in [4.69, 9.17) is 0 Å². The summed E-state index contributed by atoms with van der Waals surface area (Å²) in [7, 11) is 0. The van der Waals surface area contributed by atoms with Crippen LogP contribution < -0.4 is 0 Å². The fraction of sp³-hybridized carbons (Fsp3) is 1.00. The lowest BCUT2D eigenvalue weighted by Crippen LogP contribution is -2.03. The molecule has 0 aromatic rings. The van der Waals surface area contributed by atoms with E-state index in [0.717, 1.165) is 11.8 Å². The first kappa shape index (κ1) is 10.1. The Labute approximate surface area is 77.7 Å². The van der Waals surface area contributed by atoms with Crippen LogP contribution in [0.25, 0.3) is 0 Å². The molecule has 0 heterocycles. The summed E-state index contributed by atoms with van der Waals surface area (Å²) in [6, 6.07) is 0. The van der Waals surface area contributed by atoms with Crippen LogP contribution in [0.5, 0.6) is 0 Å². The molecule has 0 saturated heterocycles. The van der Waals surface area contributed by atoms with E-state index in [1.54, 1.807) is 0 Å². The van der Waals surface area contributed by atoms with Crippen molar-refractivity contribution in [2.45, 2.75) is 65.2 Å². The van der Waals surface area contributed by atoms with Crippen LogP contribution in [-0.2, 0) is 0 Å². The first-order valence-corrected chi connectivity index (χ1v) is 5.83. The fourth-order valence-electron chi connectivity index (χ4n) is 1.76. The van der Waals surface area contributed by atoms with Gasteiger partial charge in [-0.15, -0.1) is 0 Å². The highest BCUT2D eigenvalue weighted by Gasteiger charge is 2.12. The molecule has 2 aliphatic rings. The van der Waals surface area contributed by atoms with Gasteiger partial charge in [-0.3, -0.25) is 0 Å². The molecule has 0 unspecified atom stereocenters. The summed E-state index contributed by atoms with van der Waals surface area (Å²) in [5.41, 5.74) is 0. The second kappa shape index (κ2) is 5.61. The van der Waals surface area contributed by atoms with Crippen LogP contribution in [0.15, 0.2) is 0 Å². The quantitative estimate of drug-likeness (QED) is 0.544. The normalized spacial score (nSPS) is 24.5. The number of rotatable bonds is 1. The molecule has 2 rings (SSSR count). The van der Waals surface area contributed by atoms with Gasteiger partial charge in [0.05, 0.1) is 0 Å². The third-order valence-corrected chi connectivity index (χ3v) is 3.17. The molecule has 2 fully saturated rings. The monoisotopic (exact) mass is 168 g/mol. The van der Waals surface area contributed by atoms with Gasteiger partial charge in [-0.1, -0.05) is 65.2 Å². The zero-order valence-electron chi connectivity index (χ0n) is 8.81. The van der Waals surface area contributed by atoms with Crippen molar-refractivity contribution in [3.8, 4) is 0 Å². The maximum Gasteiger partial charge on any atom is -0.0417 e. The minimum Gasteiger partial charge on any atom is -0.0651 e. The van der Waals surface area contributed by atoms with Crippen LogP contribution in [-0.4, -0.2) is 0 Å². The molecule has 0 bridgehead atoms. The molecule has 0 heteroatoms. The SMILES string of the molecule is CC1CC1.CCC1CCCCC1. The van der Waals surface area contributed by atoms with Crippen LogP contribution in [0.4, 0.5) is 0 Å². The summed E-state index contributed by atoms with van der Waals surface area (Å²) in [5, 5.41) is 0. The van der Waals surface area contributed by atoms with E-state index in [0.29, 0.717) is 0 Å². The second-order valence-corrected chi connectivity index (χ2v) is 4.59. The van der Waals surface area contributed by atoms with Crippen molar-refractivity contribution >= 4 is 0 Å². The lowest BCUT2D eigenvalue weighted by molar-refractivity contribution is 0.349. The van der Waals surface area contributed by atoms with E-state index in [1.807, 2.05) is 0 Å². The molecule has 0 atom stereocenters.